The zero-order valence-electron chi connectivity index (χ0n) is 9.44. The van der Waals surface area contributed by atoms with Gasteiger partial charge in [-0.15, -0.1) is 0 Å². The fourth-order valence-electron chi connectivity index (χ4n) is 1.78. The highest BCUT2D eigenvalue weighted by atomic mass is 16.5. The van der Waals surface area contributed by atoms with Crippen LogP contribution < -0.4 is 5.73 Å². The first-order valence-electron chi connectivity index (χ1n) is 5.58. The van der Waals surface area contributed by atoms with Crippen LogP contribution in [0.15, 0.2) is 34.9 Å². The number of nitrogen functional groups attached to an aromatic ring is 1. The van der Waals surface area contributed by atoms with E-state index in [1.165, 1.54) is 5.56 Å². The molecule has 84 valence electrons. The summed E-state index contributed by atoms with van der Waals surface area (Å²) in [5, 5.41) is 4.00. The van der Waals surface area contributed by atoms with E-state index in [2.05, 4.69) is 24.2 Å². The molecule has 0 radical (unpaired) electrons. The topological polar surface area (TPSA) is 52.0 Å². The molecule has 0 spiro atoms. The Morgan fingerprint density at radius 2 is 2.00 bits per heavy atom. The number of aryl methyl sites for hydroxylation is 1. The number of anilines is 1. The summed E-state index contributed by atoms with van der Waals surface area (Å²) in [7, 11) is 0. The Morgan fingerprint density at radius 3 is 2.69 bits per heavy atom. The molecule has 3 heteroatoms. The SMILES string of the molecule is CCCc1noc(N)c1Cc1ccccc1. The summed E-state index contributed by atoms with van der Waals surface area (Å²) in [6, 6.07) is 10.2. The van der Waals surface area contributed by atoms with Crippen LogP contribution in [-0.4, -0.2) is 5.16 Å². The molecule has 0 bridgehead atoms. The van der Waals surface area contributed by atoms with E-state index in [1.807, 2.05) is 18.2 Å². The predicted molar refractivity (Wildman–Crippen MR) is 64.2 cm³/mol. The minimum Gasteiger partial charge on any atom is -0.367 e. The first-order valence-corrected chi connectivity index (χ1v) is 5.58. The zero-order chi connectivity index (χ0) is 11.4. The van der Waals surface area contributed by atoms with Gasteiger partial charge in [0, 0.05) is 12.0 Å². The maximum Gasteiger partial charge on any atom is 0.225 e. The fourth-order valence-corrected chi connectivity index (χ4v) is 1.78. The monoisotopic (exact) mass is 216 g/mol. The molecule has 1 aromatic heterocycles. The van der Waals surface area contributed by atoms with E-state index in [0.717, 1.165) is 30.5 Å². The van der Waals surface area contributed by atoms with Crippen molar-refractivity contribution in [1.29, 1.82) is 0 Å². The number of hydrogen-bond acceptors (Lipinski definition) is 3. The molecule has 3 nitrogen and oxygen atoms in total. The van der Waals surface area contributed by atoms with Crippen molar-refractivity contribution in [2.45, 2.75) is 26.2 Å². The van der Waals surface area contributed by atoms with Gasteiger partial charge in [0.15, 0.2) is 0 Å². The van der Waals surface area contributed by atoms with Crippen molar-refractivity contribution in [2.75, 3.05) is 5.73 Å². The third kappa shape index (κ3) is 2.24. The maximum absolute atomic E-state index is 5.79. The minimum absolute atomic E-state index is 0.451. The summed E-state index contributed by atoms with van der Waals surface area (Å²) in [5.74, 6) is 0.451. The normalized spacial score (nSPS) is 10.6. The average Bonchev–Trinajstić information content (AvgIpc) is 2.64. The summed E-state index contributed by atoms with van der Waals surface area (Å²) in [6.07, 6.45) is 2.77. The predicted octanol–water partition coefficient (Wildman–Crippen LogP) is 2.80. The van der Waals surface area contributed by atoms with Gasteiger partial charge >= 0.3 is 0 Å². The molecular formula is C13H16N2O. The van der Waals surface area contributed by atoms with Crippen LogP contribution in [0.25, 0.3) is 0 Å². The van der Waals surface area contributed by atoms with E-state index in [1.54, 1.807) is 0 Å². The van der Waals surface area contributed by atoms with Crippen molar-refractivity contribution in [2.24, 2.45) is 0 Å². The number of hydrogen-bond donors (Lipinski definition) is 1. The second kappa shape index (κ2) is 4.84. The molecule has 1 aromatic carbocycles. The lowest BCUT2D eigenvalue weighted by atomic mass is 10.0. The van der Waals surface area contributed by atoms with Gasteiger partial charge < -0.3 is 10.3 Å². The van der Waals surface area contributed by atoms with Gasteiger partial charge in [0.1, 0.15) is 0 Å². The van der Waals surface area contributed by atoms with Crippen LogP contribution in [0.5, 0.6) is 0 Å². The molecule has 1 heterocycles. The number of aromatic nitrogens is 1. The van der Waals surface area contributed by atoms with Gasteiger partial charge in [0.25, 0.3) is 0 Å². The van der Waals surface area contributed by atoms with Crippen LogP contribution in [0.3, 0.4) is 0 Å². The van der Waals surface area contributed by atoms with Gasteiger partial charge in [0.2, 0.25) is 5.88 Å². The van der Waals surface area contributed by atoms with Crippen LogP contribution >= 0.6 is 0 Å². The van der Waals surface area contributed by atoms with Gasteiger partial charge in [-0.25, -0.2) is 0 Å². The van der Waals surface area contributed by atoms with Gasteiger partial charge in [0.05, 0.1) is 5.69 Å². The van der Waals surface area contributed by atoms with Crippen molar-refractivity contribution < 1.29 is 4.52 Å². The Labute approximate surface area is 95.3 Å². The Balaban J connectivity index is 2.23. The van der Waals surface area contributed by atoms with Crippen molar-refractivity contribution >= 4 is 5.88 Å². The highest BCUT2D eigenvalue weighted by molar-refractivity contribution is 5.42. The van der Waals surface area contributed by atoms with E-state index in [-0.39, 0.29) is 0 Å². The molecule has 0 aliphatic carbocycles. The lowest BCUT2D eigenvalue weighted by Gasteiger charge is -2.01. The van der Waals surface area contributed by atoms with Crippen molar-refractivity contribution in [3.8, 4) is 0 Å². The van der Waals surface area contributed by atoms with Crippen LogP contribution in [0, 0.1) is 0 Å². The van der Waals surface area contributed by atoms with Crippen molar-refractivity contribution in [1.82, 2.24) is 5.16 Å². The molecule has 0 amide bonds. The van der Waals surface area contributed by atoms with E-state index >= 15 is 0 Å². The third-order valence-corrected chi connectivity index (χ3v) is 2.61. The molecule has 0 unspecified atom stereocenters. The quantitative estimate of drug-likeness (QED) is 0.855. The van der Waals surface area contributed by atoms with Crippen LogP contribution in [0.1, 0.15) is 30.2 Å². The molecule has 0 saturated heterocycles. The van der Waals surface area contributed by atoms with E-state index in [4.69, 9.17) is 10.3 Å². The lowest BCUT2D eigenvalue weighted by molar-refractivity contribution is 0.427. The Morgan fingerprint density at radius 1 is 1.25 bits per heavy atom. The smallest absolute Gasteiger partial charge is 0.225 e. The Bertz CT molecular complexity index is 448. The summed E-state index contributed by atoms with van der Waals surface area (Å²) < 4.78 is 5.05. The number of nitrogens with two attached hydrogens (primary N) is 1. The standard InChI is InChI=1S/C13H16N2O/c1-2-6-12-11(13(14)16-15-12)9-10-7-4-3-5-8-10/h3-5,7-8H,2,6,9,14H2,1H3. The van der Waals surface area contributed by atoms with Gasteiger partial charge in [-0.05, 0) is 12.0 Å². The third-order valence-electron chi connectivity index (χ3n) is 2.61. The van der Waals surface area contributed by atoms with Crippen LogP contribution in [0.4, 0.5) is 5.88 Å². The summed E-state index contributed by atoms with van der Waals surface area (Å²) in [4.78, 5) is 0. The number of nitrogens with zero attached hydrogens (tertiary/aromatic N) is 1. The Hall–Kier alpha value is -1.77. The highest BCUT2D eigenvalue weighted by Crippen LogP contribution is 2.21. The molecule has 0 fully saturated rings. The summed E-state index contributed by atoms with van der Waals surface area (Å²) in [5.41, 5.74) is 9.05. The number of rotatable bonds is 4. The first-order chi connectivity index (χ1) is 7.81. The molecule has 2 rings (SSSR count). The summed E-state index contributed by atoms with van der Waals surface area (Å²) >= 11 is 0. The minimum atomic E-state index is 0.451. The molecule has 0 aliphatic rings. The Kier molecular flexibility index (Phi) is 3.25. The molecule has 16 heavy (non-hydrogen) atoms. The van der Waals surface area contributed by atoms with Gasteiger partial charge in [-0.1, -0.05) is 48.8 Å². The van der Waals surface area contributed by atoms with Gasteiger partial charge in [-0.3, -0.25) is 0 Å². The first kappa shape index (κ1) is 10.7. The number of benzene rings is 1. The molecule has 2 aromatic rings. The second-order valence-electron chi connectivity index (χ2n) is 3.88. The average molecular weight is 216 g/mol. The molecule has 0 aliphatic heterocycles. The second-order valence-corrected chi connectivity index (χ2v) is 3.88. The largest absolute Gasteiger partial charge is 0.367 e. The van der Waals surface area contributed by atoms with Gasteiger partial charge in [-0.2, -0.15) is 0 Å². The van der Waals surface area contributed by atoms with E-state index < -0.39 is 0 Å². The summed E-state index contributed by atoms with van der Waals surface area (Å²) in [6.45, 7) is 2.12. The fraction of sp³-hybridized carbons (Fsp3) is 0.308. The molecule has 2 N–H and O–H groups in total. The lowest BCUT2D eigenvalue weighted by Crippen LogP contribution is -1.96. The molecule has 0 saturated carbocycles. The van der Waals surface area contributed by atoms with Crippen molar-refractivity contribution in [3.63, 3.8) is 0 Å². The van der Waals surface area contributed by atoms with Crippen LogP contribution in [0.2, 0.25) is 0 Å². The molecular weight excluding hydrogens is 200 g/mol. The molecule has 0 atom stereocenters. The highest BCUT2D eigenvalue weighted by Gasteiger charge is 2.12. The van der Waals surface area contributed by atoms with E-state index in [9.17, 15) is 0 Å². The maximum atomic E-state index is 5.79. The zero-order valence-corrected chi connectivity index (χ0v) is 9.44. The van der Waals surface area contributed by atoms with E-state index in [0.29, 0.717) is 5.88 Å². The van der Waals surface area contributed by atoms with Crippen LogP contribution in [-0.2, 0) is 12.8 Å². The van der Waals surface area contributed by atoms with Crippen molar-refractivity contribution in [3.05, 3.63) is 47.2 Å².